The summed E-state index contributed by atoms with van der Waals surface area (Å²) in [4.78, 5) is 37.1. The highest BCUT2D eigenvalue weighted by Crippen LogP contribution is 2.23. The number of amides is 2. The third-order valence-electron chi connectivity index (χ3n) is 4.36. The monoisotopic (exact) mass is 414 g/mol. The molecule has 0 aliphatic heterocycles. The van der Waals surface area contributed by atoms with Gasteiger partial charge >= 0.3 is 0 Å². The van der Waals surface area contributed by atoms with Crippen molar-refractivity contribution in [3.8, 4) is 5.75 Å². The minimum Gasteiger partial charge on any atom is -0.495 e. The second-order valence-electron chi connectivity index (χ2n) is 6.76. The van der Waals surface area contributed by atoms with Crippen molar-refractivity contribution in [2.45, 2.75) is 20.3 Å². The fourth-order valence-electron chi connectivity index (χ4n) is 2.92. The van der Waals surface area contributed by atoms with E-state index in [0.717, 1.165) is 6.42 Å². The number of ether oxygens (including phenoxy) is 1. The van der Waals surface area contributed by atoms with Crippen LogP contribution in [0.5, 0.6) is 5.75 Å². The molecular weight excluding hydrogens is 388 g/mol. The number of carbonyl (C=O) groups excluding carboxylic acids is 2. The molecule has 9 nitrogen and oxygen atoms in total. The van der Waals surface area contributed by atoms with E-state index in [0.29, 0.717) is 29.2 Å². The van der Waals surface area contributed by atoms with Crippen molar-refractivity contribution in [1.29, 1.82) is 0 Å². The van der Waals surface area contributed by atoms with Crippen LogP contribution >= 0.6 is 0 Å². The molecule has 0 saturated carbocycles. The van der Waals surface area contributed by atoms with Gasteiger partial charge in [0.2, 0.25) is 11.8 Å². The van der Waals surface area contributed by atoms with E-state index in [1.807, 2.05) is 6.92 Å². The van der Waals surface area contributed by atoms with Gasteiger partial charge in [-0.3, -0.25) is 24.6 Å². The van der Waals surface area contributed by atoms with Crippen molar-refractivity contribution in [2.75, 3.05) is 37.4 Å². The highest BCUT2D eigenvalue weighted by Gasteiger charge is 2.17. The Balaban J connectivity index is 2.01. The number of anilines is 2. The Kier molecular flexibility index (Phi) is 8.30. The largest absolute Gasteiger partial charge is 0.495 e. The van der Waals surface area contributed by atoms with Crippen LogP contribution in [0.2, 0.25) is 0 Å². The first-order chi connectivity index (χ1) is 14.3. The molecule has 0 bridgehead atoms. The SMILES string of the molecule is CCCN(CC(=O)Nc1cc([N+](=O)[O-])ccc1C)CC(=O)Nc1ccccc1OC. The third kappa shape index (κ3) is 6.56. The zero-order chi connectivity index (χ0) is 22.1. The zero-order valence-electron chi connectivity index (χ0n) is 17.3. The summed E-state index contributed by atoms with van der Waals surface area (Å²) in [5, 5.41) is 16.5. The number of methoxy groups -OCH3 is 1. The number of carbonyl (C=O) groups is 2. The van der Waals surface area contributed by atoms with E-state index < -0.39 is 4.92 Å². The van der Waals surface area contributed by atoms with Gasteiger partial charge in [0.1, 0.15) is 5.75 Å². The molecule has 2 amide bonds. The third-order valence-corrected chi connectivity index (χ3v) is 4.36. The van der Waals surface area contributed by atoms with Gasteiger partial charge in [0, 0.05) is 12.1 Å². The molecule has 0 spiro atoms. The number of nitro groups is 1. The van der Waals surface area contributed by atoms with Crippen LogP contribution in [0, 0.1) is 17.0 Å². The summed E-state index contributed by atoms with van der Waals surface area (Å²) >= 11 is 0. The number of benzene rings is 2. The molecule has 0 unspecified atom stereocenters. The molecule has 0 aromatic heterocycles. The van der Waals surface area contributed by atoms with E-state index >= 15 is 0 Å². The number of non-ortho nitro benzene ring substituents is 1. The number of rotatable bonds is 10. The molecule has 2 rings (SSSR count). The number of hydrogen-bond donors (Lipinski definition) is 2. The smallest absolute Gasteiger partial charge is 0.271 e. The van der Waals surface area contributed by atoms with Gasteiger partial charge in [-0.25, -0.2) is 0 Å². The number of para-hydroxylation sites is 2. The van der Waals surface area contributed by atoms with Crippen LogP contribution < -0.4 is 15.4 Å². The maximum Gasteiger partial charge on any atom is 0.271 e. The zero-order valence-corrected chi connectivity index (χ0v) is 17.3. The van der Waals surface area contributed by atoms with Gasteiger partial charge in [-0.05, 0) is 37.6 Å². The lowest BCUT2D eigenvalue weighted by molar-refractivity contribution is -0.384. The van der Waals surface area contributed by atoms with Gasteiger partial charge in [0.15, 0.2) is 0 Å². The minimum atomic E-state index is -0.513. The summed E-state index contributed by atoms with van der Waals surface area (Å²) in [7, 11) is 1.52. The summed E-state index contributed by atoms with van der Waals surface area (Å²) in [5.41, 5.74) is 1.55. The molecule has 2 N–H and O–H groups in total. The Morgan fingerprint density at radius 1 is 1.07 bits per heavy atom. The van der Waals surface area contributed by atoms with E-state index in [4.69, 9.17) is 4.74 Å². The predicted octanol–water partition coefficient (Wildman–Crippen LogP) is 3.20. The predicted molar refractivity (Wildman–Crippen MR) is 115 cm³/mol. The average molecular weight is 414 g/mol. The quantitative estimate of drug-likeness (QED) is 0.456. The summed E-state index contributed by atoms with van der Waals surface area (Å²) < 4.78 is 5.23. The second-order valence-corrected chi connectivity index (χ2v) is 6.76. The molecule has 0 atom stereocenters. The molecule has 9 heteroatoms. The molecule has 160 valence electrons. The number of nitro benzene ring substituents is 1. The van der Waals surface area contributed by atoms with E-state index in [1.165, 1.54) is 19.2 Å². The normalized spacial score (nSPS) is 10.5. The van der Waals surface area contributed by atoms with E-state index in [2.05, 4.69) is 10.6 Å². The number of hydrogen-bond acceptors (Lipinski definition) is 6. The lowest BCUT2D eigenvalue weighted by atomic mass is 10.2. The van der Waals surface area contributed by atoms with Crippen molar-refractivity contribution in [3.05, 3.63) is 58.1 Å². The molecule has 0 radical (unpaired) electrons. The Labute approximate surface area is 175 Å². The molecular formula is C21H26N4O5. The van der Waals surface area contributed by atoms with E-state index in [1.54, 1.807) is 42.2 Å². The highest BCUT2D eigenvalue weighted by atomic mass is 16.6. The van der Waals surface area contributed by atoms with Crippen LogP contribution in [-0.2, 0) is 9.59 Å². The summed E-state index contributed by atoms with van der Waals surface area (Å²) in [6.07, 6.45) is 0.755. The van der Waals surface area contributed by atoms with Crippen LogP contribution in [0.4, 0.5) is 17.1 Å². The van der Waals surface area contributed by atoms with E-state index in [9.17, 15) is 19.7 Å². The first-order valence-electron chi connectivity index (χ1n) is 9.54. The summed E-state index contributed by atoms with van der Waals surface area (Å²) in [6.45, 7) is 4.25. The maximum atomic E-state index is 12.5. The van der Waals surface area contributed by atoms with Crippen LogP contribution in [0.1, 0.15) is 18.9 Å². The molecule has 0 aliphatic rings. The first-order valence-corrected chi connectivity index (χ1v) is 9.54. The molecule has 0 fully saturated rings. The van der Waals surface area contributed by atoms with Crippen LogP contribution in [-0.4, -0.2) is 48.4 Å². The summed E-state index contributed by atoms with van der Waals surface area (Å²) in [6, 6.07) is 11.4. The first kappa shape index (κ1) is 22.8. The van der Waals surface area contributed by atoms with Gasteiger partial charge in [0.25, 0.3) is 5.69 Å². The minimum absolute atomic E-state index is 0.0185. The highest BCUT2D eigenvalue weighted by molar-refractivity contribution is 5.95. The lowest BCUT2D eigenvalue weighted by Crippen LogP contribution is -2.39. The molecule has 2 aromatic rings. The van der Waals surface area contributed by atoms with Crippen LogP contribution in [0.3, 0.4) is 0 Å². The Hall–Kier alpha value is -3.46. The van der Waals surface area contributed by atoms with Crippen molar-refractivity contribution in [1.82, 2.24) is 4.90 Å². The fourth-order valence-corrected chi connectivity index (χ4v) is 2.92. The van der Waals surface area contributed by atoms with Crippen molar-refractivity contribution in [3.63, 3.8) is 0 Å². The van der Waals surface area contributed by atoms with Gasteiger partial charge in [-0.2, -0.15) is 0 Å². The molecule has 30 heavy (non-hydrogen) atoms. The van der Waals surface area contributed by atoms with Gasteiger partial charge < -0.3 is 15.4 Å². The average Bonchev–Trinajstić information content (AvgIpc) is 2.70. The topological polar surface area (TPSA) is 114 Å². The fraction of sp³-hybridized carbons (Fsp3) is 0.333. The standard InChI is InChI=1S/C21H26N4O5/c1-4-11-24(13-20(26)22-17-7-5-6-8-19(17)30-3)14-21(27)23-18-12-16(25(28)29)10-9-15(18)2/h5-10,12H,4,11,13-14H2,1-3H3,(H,22,26)(H,23,27). The van der Waals surface area contributed by atoms with Crippen molar-refractivity contribution >= 4 is 28.9 Å². The molecule has 0 aliphatic carbocycles. The van der Waals surface area contributed by atoms with Crippen LogP contribution in [0.15, 0.2) is 42.5 Å². The van der Waals surface area contributed by atoms with Gasteiger partial charge in [0.05, 0.1) is 36.5 Å². The number of aryl methyl sites for hydroxylation is 1. The Morgan fingerprint density at radius 3 is 2.30 bits per heavy atom. The van der Waals surface area contributed by atoms with Gasteiger partial charge in [-0.15, -0.1) is 0 Å². The molecule has 0 heterocycles. The summed E-state index contributed by atoms with van der Waals surface area (Å²) in [5.74, 6) is -0.0730. The Morgan fingerprint density at radius 2 is 1.70 bits per heavy atom. The van der Waals surface area contributed by atoms with Gasteiger partial charge in [-0.1, -0.05) is 25.1 Å². The maximum absolute atomic E-state index is 12.5. The van der Waals surface area contributed by atoms with Crippen LogP contribution in [0.25, 0.3) is 0 Å². The van der Waals surface area contributed by atoms with E-state index in [-0.39, 0.29) is 30.6 Å². The lowest BCUT2D eigenvalue weighted by Gasteiger charge is -2.21. The Bertz CT molecular complexity index is 916. The second kappa shape index (κ2) is 10.9. The molecule has 2 aromatic carbocycles. The number of nitrogens with zero attached hydrogens (tertiary/aromatic N) is 2. The molecule has 0 saturated heterocycles. The van der Waals surface area contributed by atoms with Crippen molar-refractivity contribution < 1.29 is 19.2 Å². The van der Waals surface area contributed by atoms with Crippen molar-refractivity contribution in [2.24, 2.45) is 0 Å². The number of nitrogens with one attached hydrogen (secondary N) is 2.